The van der Waals surface area contributed by atoms with Crippen LogP contribution < -0.4 is 16.2 Å². The number of anilines is 2. The van der Waals surface area contributed by atoms with Crippen LogP contribution in [0.4, 0.5) is 11.8 Å². The van der Waals surface area contributed by atoms with E-state index in [9.17, 15) is 0 Å². The normalized spacial score (nSPS) is 20.4. The third-order valence-corrected chi connectivity index (χ3v) is 3.43. The predicted octanol–water partition coefficient (Wildman–Crippen LogP) is 1.14. The first-order valence-electron chi connectivity index (χ1n) is 5.51. The van der Waals surface area contributed by atoms with Gasteiger partial charge in [0.25, 0.3) is 0 Å². The molecule has 17 heavy (non-hydrogen) atoms. The van der Waals surface area contributed by atoms with Crippen molar-refractivity contribution >= 4 is 27.7 Å². The average Bonchev–Trinajstić information content (AvgIpc) is 2.39. The number of hydrazine groups is 1. The van der Waals surface area contributed by atoms with Crippen molar-refractivity contribution in [3.05, 3.63) is 10.7 Å². The van der Waals surface area contributed by atoms with Crippen molar-refractivity contribution < 1.29 is 4.74 Å². The van der Waals surface area contributed by atoms with Crippen LogP contribution in [0.25, 0.3) is 0 Å². The number of nitrogens with two attached hydrogens (primary N) is 1. The molecule has 1 aliphatic heterocycles. The molecule has 1 aromatic heterocycles. The summed E-state index contributed by atoms with van der Waals surface area (Å²) in [5.41, 5.74) is 2.46. The molecule has 0 aliphatic carbocycles. The number of piperidine rings is 1. The van der Waals surface area contributed by atoms with Gasteiger partial charge in [-0.1, -0.05) is 0 Å². The van der Waals surface area contributed by atoms with Gasteiger partial charge in [0, 0.05) is 26.4 Å². The quantitative estimate of drug-likeness (QED) is 0.644. The molecule has 94 valence electrons. The first kappa shape index (κ1) is 12.5. The minimum absolute atomic E-state index is 0.264. The van der Waals surface area contributed by atoms with Crippen molar-refractivity contribution in [2.45, 2.75) is 18.9 Å². The third-order valence-electron chi connectivity index (χ3n) is 2.87. The van der Waals surface area contributed by atoms with Crippen LogP contribution in [-0.4, -0.2) is 36.3 Å². The van der Waals surface area contributed by atoms with E-state index in [2.05, 4.69) is 36.2 Å². The van der Waals surface area contributed by atoms with Gasteiger partial charge in [-0.05, 0) is 28.8 Å². The largest absolute Gasteiger partial charge is 0.380 e. The Morgan fingerprint density at radius 2 is 2.47 bits per heavy atom. The molecule has 7 heteroatoms. The maximum absolute atomic E-state index is 5.40. The molecule has 1 unspecified atom stereocenters. The first-order chi connectivity index (χ1) is 8.24. The number of aromatic nitrogens is 2. The number of hydrogen-bond acceptors (Lipinski definition) is 6. The maximum atomic E-state index is 5.40. The van der Waals surface area contributed by atoms with E-state index in [4.69, 9.17) is 10.6 Å². The van der Waals surface area contributed by atoms with E-state index >= 15 is 0 Å². The van der Waals surface area contributed by atoms with Gasteiger partial charge in [-0.15, -0.1) is 0 Å². The minimum Gasteiger partial charge on any atom is -0.380 e. The van der Waals surface area contributed by atoms with Crippen LogP contribution in [0.5, 0.6) is 0 Å². The zero-order chi connectivity index (χ0) is 12.3. The average molecular weight is 302 g/mol. The molecule has 1 aromatic rings. The Bertz CT molecular complexity index is 389. The molecule has 1 saturated heterocycles. The van der Waals surface area contributed by atoms with Gasteiger partial charge < -0.3 is 9.64 Å². The molecule has 1 fully saturated rings. The Balaban J connectivity index is 2.20. The number of rotatable bonds is 3. The molecular formula is C10H16BrN5O. The highest BCUT2D eigenvalue weighted by Crippen LogP contribution is 2.27. The van der Waals surface area contributed by atoms with Crippen molar-refractivity contribution in [1.82, 2.24) is 9.97 Å². The molecule has 2 rings (SSSR count). The van der Waals surface area contributed by atoms with Crippen LogP contribution >= 0.6 is 15.9 Å². The van der Waals surface area contributed by atoms with Gasteiger partial charge in [-0.2, -0.15) is 4.98 Å². The van der Waals surface area contributed by atoms with Crippen LogP contribution in [0.3, 0.4) is 0 Å². The van der Waals surface area contributed by atoms with Crippen molar-refractivity contribution in [3.8, 4) is 0 Å². The second kappa shape index (κ2) is 5.61. The van der Waals surface area contributed by atoms with Crippen LogP contribution in [-0.2, 0) is 4.74 Å². The second-order valence-corrected chi connectivity index (χ2v) is 4.81. The van der Waals surface area contributed by atoms with E-state index in [1.807, 2.05) is 0 Å². The second-order valence-electron chi connectivity index (χ2n) is 3.96. The summed E-state index contributed by atoms with van der Waals surface area (Å²) in [5.74, 6) is 6.59. The van der Waals surface area contributed by atoms with Gasteiger partial charge in [0.2, 0.25) is 5.95 Å². The lowest BCUT2D eigenvalue weighted by atomic mass is 10.1. The van der Waals surface area contributed by atoms with Crippen molar-refractivity contribution in [1.29, 1.82) is 0 Å². The van der Waals surface area contributed by atoms with Gasteiger partial charge >= 0.3 is 0 Å². The molecule has 2 heterocycles. The number of methoxy groups -OCH3 is 1. The summed E-state index contributed by atoms with van der Waals surface area (Å²) >= 11 is 3.46. The Morgan fingerprint density at radius 1 is 1.65 bits per heavy atom. The summed E-state index contributed by atoms with van der Waals surface area (Å²) < 4.78 is 6.27. The smallest absolute Gasteiger partial charge is 0.239 e. The lowest BCUT2D eigenvalue weighted by Crippen LogP contribution is -2.40. The van der Waals surface area contributed by atoms with Gasteiger partial charge in [-0.25, -0.2) is 10.8 Å². The highest BCUT2D eigenvalue weighted by molar-refractivity contribution is 9.10. The topological polar surface area (TPSA) is 76.3 Å². The summed E-state index contributed by atoms with van der Waals surface area (Å²) in [5, 5.41) is 0. The van der Waals surface area contributed by atoms with Gasteiger partial charge in [-0.3, -0.25) is 5.43 Å². The summed E-state index contributed by atoms with van der Waals surface area (Å²) in [6.07, 6.45) is 4.16. The Labute approximate surface area is 109 Å². The molecule has 0 spiro atoms. The Hall–Kier alpha value is -0.920. The molecule has 0 saturated carbocycles. The Kier molecular flexibility index (Phi) is 4.14. The van der Waals surface area contributed by atoms with Crippen LogP contribution in [0.15, 0.2) is 10.7 Å². The monoisotopic (exact) mass is 301 g/mol. The predicted molar refractivity (Wildman–Crippen MR) is 69.8 cm³/mol. The Morgan fingerprint density at radius 3 is 3.18 bits per heavy atom. The van der Waals surface area contributed by atoms with Gasteiger partial charge in [0.05, 0.1) is 10.6 Å². The van der Waals surface area contributed by atoms with Crippen molar-refractivity contribution in [2.24, 2.45) is 5.84 Å². The van der Waals surface area contributed by atoms with Gasteiger partial charge in [0.15, 0.2) is 0 Å². The molecule has 0 radical (unpaired) electrons. The summed E-state index contributed by atoms with van der Waals surface area (Å²) in [7, 11) is 1.75. The molecule has 0 bridgehead atoms. The molecule has 1 aliphatic rings. The molecule has 6 nitrogen and oxygen atoms in total. The maximum Gasteiger partial charge on any atom is 0.239 e. The van der Waals surface area contributed by atoms with E-state index in [0.29, 0.717) is 5.95 Å². The van der Waals surface area contributed by atoms with Crippen molar-refractivity contribution in [2.75, 3.05) is 30.5 Å². The van der Waals surface area contributed by atoms with Crippen LogP contribution in [0, 0.1) is 0 Å². The van der Waals surface area contributed by atoms with E-state index < -0.39 is 0 Å². The van der Waals surface area contributed by atoms with E-state index in [-0.39, 0.29) is 6.10 Å². The standard InChI is InChI=1S/C10H16BrN5O/c1-17-7-3-2-4-16(6-7)9-8(11)5-13-10(14-9)15-12/h5,7H,2-4,6,12H2,1H3,(H,13,14,15). The number of halogens is 1. The van der Waals surface area contributed by atoms with Crippen LogP contribution in [0.2, 0.25) is 0 Å². The molecule has 3 N–H and O–H groups in total. The highest BCUT2D eigenvalue weighted by Gasteiger charge is 2.22. The fraction of sp³-hybridized carbons (Fsp3) is 0.600. The number of nitrogens with zero attached hydrogens (tertiary/aromatic N) is 3. The minimum atomic E-state index is 0.264. The van der Waals surface area contributed by atoms with Crippen molar-refractivity contribution in [3.63, 3.8) is 0 Å². The zero-order valence-electron chi connectivity index (χ0n) is 9.69. The van der Waals surface area contributed by atoms with E-state index in [1.165, 1.54) is 0 Å². The number of nitrogens with one attached hydrogen (secondary N) is 1. The highest BCUT2D eigenvalue weighted by atomic mass is 79.9. The number of hydrogen-bond donors (Lipinski definition) is 2. The zero-order valence-corrected chi connectivity index (χ0v) is 11.3. The number of nitrogen functional groups attached to an aromatic ring is 1. The molecule has 1 atom stereocenters. The van der Waals surface area contributed by atoms with E-state index in [1.54, 1.807) is 13.3 Å². The fourth-order valence-electron chi connectivity index (χ4n) is 1.97. The van der Waals surface area contributed by atoms with E-state index in [0.717, 1.165) is 36.2 Å². The summed E-state index contributed by atoms with van der Waals surface area (Å²) in [6, 6.07) is 0. The summed E-state index contributed by atoms with van der Waals surface area (Å²) in [6.45, 7) is 1.82. The van der Waals surface area contributed by atoms with Crippen LogP contribution in [0.1, 0.15) is 12.8 Å². The molecule has 0 aromatic carbocycles. The molecular weight excluding hydrogens is 286 g/mol. The number of ether oxygens (including phenoxy) is 1. The third kappa shape index (κ3) is 2.85. The SMILES string of the molecule is COC1CCCN(c2nc(NN)ncc2Br)C1. The van der Waals surface area contributed by atoms with Gasteiger partial charge in [0.1, 0.15) is 5.82 Å². The lowest BCUT2D eigenvalue weighted by Gasteiger charge is -2.33. The lowest BCUT2D eigenvalue weighted by molar-refractivity contribution is 0.0891. The molecule has 0 amide bonds. The fourth-order valence-corrected chi connectivity index (χ4v) is 2.41. The summed E-state index contributed by atoms with van der Waals surface area (Å²) in [4.78, 5) is 10.6. The first-order valence-corrected chi connectivity index (χ1v) is 6.30.